The van der Waals surface area contributed by atoms with E-state index in [4.69, 9.17) is 9.84 Å². The molecule has 5 heteroatoms. The number of carboxylic acids is 1. The fourth-order valence-corrected chi connectivity index (χ4v) is 1.36. The van der Waals surface area contributed by atoms with Crippen molar-refractivity contribution in [3.63, 3.8) is 0 Å². The number of carboxylic acid groups (broad SMARTS) is 1. The van der Waals surface area contributed by atoms with Crippen molar-refractivity contribution in [2.24, 2.45) is 0 Å². The van der Waals surface area contributed by atoms with Crippen LogP contribution < -0.4 is 10.1 Å². The highest BCUT2D eigenvalue weighted by atomic mass is 16.5. The van der Waals surface area contributed by atoms with Crippen molar-refractivity contribution in [3.8, 4) is 5.75 Å². The normalized spacial score (nSPS) is 12.0. The van der Waals surface area contributed by atoms with E-state index in [2.05, 4.69) is 5.32 Å². The number of rotatable bonds is 5. The monoisotopic (exact) mass is 251 g/mol. The Morgan fingerprint density at radius 2 is 1.94 bits per heavy atom. The number of hydrogen-bond donors (Lipinski definition) is 2. The van der Waals surface area contributed by atoms with Crippen LogP contribution in [0.4, 0.5) is 0 Å². The van der Waals surface area contributed by atoms with Gasteiger partial charge in [0.25, 0.3) is 5.91 Å². The molecule has 1 atom stereocenters. The molecule has 5 nitrogen and oxygen atoms in total. The van der Waals surface area contributed by atoms with Crippen LogP contribution in [0, 0.1) is 0 Å². The minimum Gasteiger partial charge on any atom is -0.481 e. The van der Waals surface area contributed by atoms with Crippen LogP contribution in [0.25, 0.3) is 0 Å². The second-order valence-corrected chi connectivity index (χ2v) is 4.26. The Bertz CT molecular complexity index is 442. The Hall–Kier alpha value is -2.04. The minimum absolute atomic E-state index is 0.0360. The molecule has 1 amide bonds. The highest BCUT2D eigenvalue weighted by Crippen LogP contribution is 2.15. The maximum absolute atomic E-state index is 11.6. The molecule has 1 unspecified atom stereocenters. The maximum Gasteiger partial charge on any atom is 0.335 e. The Morgan fingerprint density at radius 3 is 2.50 bits per heavy atom. The van der Waals surface area contributed by atoms with Crippen LogP contribution in [0.3, 0.4) is 0 Å². The number of amides is 1. The third-order valence-corrected chi connectivity index (χ3v) is 2.19. The van der Waals surface area contributed by atoms with E-state index in [-0.39, 0.29) is 17.5 Å². The van der Waals surface area contributed by atoms with Crippen molar-refractivity contribution < 1.29 is 19.4 Å². The van der Waals surface area contributed by atoms with Crippen LogP contribution in [-0.4, -0.2) is 29.1 Å². The lowest BCUT2D eigenvalue weighted by atomic mass is 10.2. The molecule has 0 aliphatic rings. The first kappa shape index (κ1) is 14.0. The number of nitrogens with one attached hydrogen (secondary N) is 1. The Morgan fingerprint density at radius 1 is 1.28 bits per heavy atom. The molecule has 0 aliphatic heterocycles. The van der Waals surface area contributed by atoms with Crippen molar-refractivity contribution in [1.82, 2.24) is 5.32 Å². The van der Waals surface area contributed by atoms with E-state index in [1.54, 1.807) is 19.1 Å². The molecule has 0 aliphatic carbocycles. The minimum atomic E-state index is -1.03. The van der Waals surface area contributed by atoms with E-state index in [1.165, 1.54) is 12.1 Å². The van der Waals surface area contributed by atoms with E-state index in [9.17, 15) is 9.59 Å². The molecule has 0 bridgehead atoms. The summed E-state index contributed by atoms with van der Waals surface area (Å²) in [6, 6.07) is 6.08. The summed E-state index contributed by atoms with van der Waals surface area (Å²) in [5.74, 6) is -0.897. The van der Waals surface area contributed by atoms with Gasteiger partial charge in [-0.2, -0.15) is 0 Å². The van der Waals surface area contributed by atoms with E-state index in [0.717, 1.165) is 0 Å². The van der Waals surface area contributed by atoms with E-state index in [0.29, 0.717) is 5.75 Å². The summed E-state index contributed by atoms with van der Waals surface area (Å²) >= 11 is 0. The van der Waals surface area contributed by atoms with Crippen LogP contribution in [0.15, 0.2) is 24.3 Å². The molecule has 1 aromatic carbocycles. The zero-order valence-electron chi connectivity index (χ0n) is 10.6. The van der Waals surface area contributed by atoms with Gasteiger partial charge in [0, 0.05) is 6.04 Å². The zero-order valence-corrected chi connectivity index (χ0v) is 10.6. The van der Waals surface area contributed by atoms with Gasteiger partial charge < -0.3 is 15.2 Å². The van der Waals surface area contributed by atoms with E-state index < -0.39 is 12.1 Å². The highest BCUT2D eigenvalue weighted by Gasteiger charge is 2.15. The van der Waals surface area contributed by atoms with Gasteiger partial charge >= 0.3 is 5.97 Å². The van der Waals surface area contributed by atoms with Crippen molar-refractivity contribution >= 4 is 11.9 Å². The molecule has 1 aromatic rings. The molecule has 0 spiro atoms. The molecule has 98 valence electrons. The molecular weight excluding hydrogens is 234 g/mol. The molecule has 0 heterocycles. The average Bonchev–Trinajstić information content (AvgIpc) is 2.28. The first-order chi connectivity index (χ1) is 8.40. The highest BCUT2D eigenvalue weighted by molar-refractivity contribution is 5.88. The summed E-state index contributed by atoms with van der Waals surface area (Å²) in [7, 11) is 0. The molecule has 0 radical (unpaired) electrons. The Kier molecular flexibility index (Phi) is 4.71. The predicted molar refractivity (Wildman–Crippen MR) is 66.8 cm³/mol. The largest absolute Gasteiger partial charge is 0.481 e. The first-order valence-electron chi connectivity index (χ1n) is 5.70. The van der Waals surface area contributed by atoms with Gasteiger partial charge in [-0.25, -0.2) is 4.79 Å². The summed E-state index contributed by atoms with van der Waals surface area (Å²) in [6.07, 6.45) is -0.670. The molecule has 0 aromatic heterocycles. The number of aromatic carboxylic acids is 1. The average molecular weight is 251 g/mol. The number of hydrogen-bond acceptors (Lipinski definition) is 3. The van der Waals surface area contributed by atoms with Crippen molar-refractivity contribution in [1.29, 1.82) is 0 Å². The fraction of sp³-hybridized carbons (Fsp3) is 0.385. The smallest absolute Gasteiger partial charge is 0.335 e. The zero-order chi connectivity index (χ0) is 13.7. The van der Waals surface area contributed by atoms with Gasteiger partial charge in [0.15, 0.2) is 6.10 Å². The quantitative estimate of drug-likeness (QED) is 0.834. The lowest BCUT2D eigenvalue weighted by Crippen LogP contribution is -2.40. The van der Waals surface area contributed by atoms with Crippen LogP contribution in [0.2, 0.25) is 0 Å². The predicted octanol–water partition coefficient (Wildman–Crippen LogP) is 1.68. The summed E-state index contributed by atoms with van der Waals surface area (Å²) < 4.78 is 5.39. The molecule has 0 fully saturated rings. The number of carbonyl (C=O) groups is 2. The number of carbonyl (C=O) groups excluding carboxylic acids is 1. The maximum atomic E-state index is 11.6. The second-order valence-electron chi connectivity index (χ2n) is 4.26. The van der Waals surface area contributed by atoms with Gasteiger partial charge in [-0.05, 0) is 39.0 Å². The van der Waals surface area contributed by atoms with Crippen LogP contribution in [0.5, 0.6) is 5.75 Å². The van der Waals surface area contributed by atoms with Crippen molar-refractivity contribution in [2.45, 2.75) is 32.9 Å². The van der Waals surface area contributed by atoms with Crippen LogP contribution in [0.1, 0.15) is 31.1 Å². The third kappa shape index (κ3) is 4.08. The number of benzene rings is 1. The molecular formula is C13H17NO4. The number of ether oxygens (including phenoxy) is 1. The third-order valence-electron chi connectivity index (χ3n) is 2.19. The Labute approximate surface area is 106 Å². The molecule has 1 rings (SSSR count). The lowest BCUT2D eigenvalue weighted by molar-refractivity contribution is -0.127. The van der Waals surface area contributed by atoms with Gasteiger partial charge in [0.05, 0.1) is 5.56 Å². The molecule has 18 heavy (non-hydrogen) atoms. The van der Waals surface area contributed by atoms with E-state index >= 15 is 0 Å². The van der Waals surface area contributed by atoms with Gasteiger partial charge in [-0.15, -0.1) is 0 Å². The summed E-state index contributed by atoms with van der Waals surface area (Å²) in [5, 5.41) is 11.6. The van der Waals surface area contributed by atoms with Crippen LogP contribution >= 0.6 is 0 Å². The topological polar surface area (TPSA) is 75.6 Å². The van der Waals surface area contributed by atoms with Crippen molar-refractivity contribution in [3.05, 3.63) is 29.8 Å². The first-order valence-corrected chi connectivity index (χ1v) is 5.70. The van der Waals surface area contributed by atoms with Gasteiger partial charge in [-0.3, -0.25) is 4.79 Å². The summed E-state index contributed by atoms with van der Waals surface area (Å²) in [5.41, 5.74) is 0.129. The van der Waals surface area contributed by atoms with Crippen LogP contribution in [-0.2, 0) is 4.79 Å². The van der Waals surface area contributed by atoms with Gasteiger partial charge in [0.2, 0.25) is 0 Å². The molecule has 0 saturated carbocycles. The Balaban J connectivity index is 2.69. The summed E-state index contributed by atoms with van der Waals surface area (Å²) in [6.45, 7) is 5.33. The second kappa shape index (κ2) is 6.05. The lowest BCUT2D eigenvalue weighted by Gasteiger charge is -2.16. The van der Waals surface area contributed by atoms with Gasteiger partial charge in [-0.1, -0.05) is 6.07 Å². The SMILES string of the molecule is CC(C)NC(=O)C(C)Oc1cccc(C(=O)O)c1. The molecule has 2 N–H and O–H groups in total. The van der Waals surface area contributed by atoms with Gasteiger partial charge in [0.1, 0.15) is 5.75 Å². The summed E-state index contributed by atoms with van der Waals surface area (Å²) in [4.78, 5) is 22.4. The standard InChI is InChI=1S/C13H17NO4/c1-8(2)14-12(15)9(3)18-11-6-4-5-10(7-11)13(16)17/h4-9H,1-3H3,(H,14,15)(H,16,17). The van der Waals surface area contributed by atoms with E-state index in [1.807, 2.05) is 13.8 Å². The van der Waals surface area contributed by atoms with Crippen molar-refractivity contribution in [2.75, 3.05) is 0 Å². The molecule has 0 saturated heterocycles. The fourth-order valence-electron chi connectivity index (χ4n) is 1.36.